The number of anilines is 4. The van der Waals surface area contributed by atoms with Gasteiger partial charge in [-0.25, -0.2) is 47.1 Å². The first-order chi connectivity index (χ1) is 31.0. The van der Waals surface area contributed by atoms with Crippen LogP contribution in [-0.4, -0.2) is 98.7 Å². The monoisotopic (exact) mass is 877 g/mol. The molecule has 17 nitrogen and oxygen atoms in total. The summed E-state index contributed by atoms with van der Waals surface area (Å²) in [6.45, 7) is 0.105. The molecule has 0 atom stereocenters. The largest absolute Gasteiger partial charge is 0.396 e. The molecule has 0 aliphatic heterocycles. The molecule has 64 heavy (non-hydrogen) atoms. The molecule has 5 amide bonds. The number of aliphatic hydroxyl groups is 1. The summed E-state index contributed by atoms with van der Waals surface area (Å²) < 4.78 is 61.1. The van der Waals surface area contributed by atoms with Gasteiger partial charge in [-0.15, -0.1) is 0 Å². The number of aromatic nitrogens is 6. The van der Waals surface area contributed by atoms with E-state index in [-0.39, 0.29) is 54.1 Å². The molecule has 0 radical (unpaired) electrons. The molecule has 4 aromatic carbocycles. The van der Waals surface area contributed by atoms with Crippen LogP contribution < -0.4 is 36.8 Å². The lowest BCUT2D eigenvalue weighted by molar-refractivity contribution is -0.119. The maximum Gasteiger partial charge on any atom is 0.322 e. The lowest BCUT2D eigenvalue weighted by atomic mass is 10.1. The van der Waals surface area contributed by atoms with Crippen LogP contribution in [-0.2, 0) is 4.79 Å². The van der Waals surface area contributed by atoms with Crippen molar-refractivity contribution in [2.24, 2.45) is 0 Å². The van der Waals surface area contributed by atoms with Gasteiger partial charge < -0.3 is 37.0 Å². The second-order valence-electron chi connectivity index (χ2n) is 14.3. The zero-order chi connectivity index (χ0) is 45.1. The minimum atomic E-state index is -1.09. The van der Waals surface area contributed by atoms with Gasteiger partial charge >= 0.3 is 12.1 Å². The van der Waals surface area contributed by atoms with Gasteiger partial charge in [-0.1, -0.05) is 24.3 Å². The summed E-state index contributed by atoms with van der Waals surface area (Å²) in [4.78, 5) is 57.4. The van der Waals surface area contributed by atoms with Gasteiger partial charge in [-0.05, 0) is 30.7 Å². The van der Waals surface area contributed by atoms with Crippen LogP contribution in [0.5, 0.6) is 0 Å². The Labute approximate surface area is 360 Å². The number of fused-ring (bicyclic) bond motifs is 6. The van der Waals surface area contributed by atoms with Crippen LogP contribution in [0.15, 0.2) is 85.2 Å². The van der Waals surface area contributed by atoms with Crippen LogP contribution in [0.3, 0.4) is 0 Å². The van der Waals surface area contributed by atoms with Crippen LogP contribution >= 0.6 is 0 Å². The predicted molar refractivity (Wildman–Crippen MR) is 233 cm³/mol. The third kappa shape index (κ3) is 8.42. The van der Waals surface area contributed by atoms with Gasteiger partial charge in [0.15, 0.2) is 46.2 Å². The quantitative estimate of drug-likeness (QED) is 0.0510. The molecular weight excluding hydrogens is 839 g/mol. The normalized spacial score (nSPS) is 11.3. The highest BCUT2D eigenvalue weighted by atomic mass is 19.2. The summed E-state index contributed by atoms with van der Waals surface area (Å²) in [7, 11) is 2.92. The number of rotatable bonds is 14. The molecule has 0 saturated heterocycles. The number of urea groups is 2. The van der Waals surface area contributed by atoms with E-state index in [4.69, 9.17) is 0 Å². The molecule has 4 heterocycles. The molecule has 0 fully saturated rings. The molecule has 21 heteroatoms. The van der Waals surface area contributed by atoms with Crippen LogP contribution in [0.1, 0.15) is 6.42 Å². The summed E-state index contributed by atoms with van der Waals surface area (Å²) in [6.07, 6.45) is 3.53. The second kappa shape index (κ2) is 18.1. The van der Waals surface area contributed by atoms with Crippen molar-refractivity contribution in [2.45, 2.75) is 6.42 Å². The molecule has 0 bridgehead atoms. The number of imidazole rings is 2. The Kier molecular flexibility index (Phi) is 12.1. The topological polar surface area (TPSA) is 207 Å². The summed E-state index contributed by atoms with van der Waals surface area (Å²) in [5, 5.41) is 25.9. The predicted octanol–water partition coefficient (Wildman–Crippen LogP) is 5.89. The van der Waals surface area contributed by atoms with Crippen molar-refractivity contribution in [1.82, 2.24) is 44.7 Å². The van der Waals surface area contributed by atoms with Crippen LogP contribution in [0, 0.1) is 23.3 Å². The number of hydrogen-bond donors (Lipinski definition) is 7. The van der Waals surface area contributed by atoms with E-state index in [9.17, 15) is 37.1 Å². The molecule has 0 saturated carbocycles. The number of nitrogens with one attached hydrogen (secondary N) is 6. The Hall–Kier alpha value is -8.07. The first-order valence-electron chi connectivity index (χ1n) is 19.8. The highest BCUT2D eigenvalue weighted by Gasteiger charge is 2.22. The third-order valence-corrected chi connectivity index (χ3v) is 10.2. The standard InChI is InChI=1S/C43H39F4N13O4/c1-48-42(63)55-25-8-4-23(5-9-25)35-20-54-41-39(57-32-17-28(45)30(47)19-34(32)59(35)41)52-14-13-50-37(62)22-58(43(64)49-2)26-10-6-24(7-11-26)36-21-53-40-38(51-12-3-15-61)56-31-16-27(44)29(46)18-33(31)60(36)40/h4-11,16-21,61H,3,12-15,22H2,1-2H3,(H,49,64)(H,50,62)(H,51,56)(H,52,57)(H2,48,55,63). The van der Waals surface area contributed by atoms with E-state index in [1.807, 2.05) is 0 Å². The fourth-order valence-electron chi connectivity index (χ4n) is 7.11. The van der Waals surface area contributed by atoms with Crippen molar-refractivity contribution in [3.05, 3.63) is 108 Å². The maximum absolute atomic E-state index is 14.6. The summed E-state index contributed by atoms with van der Waals surface area (Å²) in [6, 6.07) is 16.6. The lowest BCUT2D eigenvalue weighted by Gasteiger charge is -2.22. The molecule has 0 spiro atoms. The minimum absolute atomic E-state index is 0.0643. The molecule has 4 aromatic heterocycles. The molecule has 0 aliphatic carbocycles. The Morgan fingerprint density at radius 3 is 1.70 bits per heavy atom. The highest BCUT2D eigenvalue weighted by molar-refractivity contribution is 5.98. The Morgan fingerprint density at radius 1 is 0.672 bits per heavy atom. The van der Waals surface area contributed by atoms with Crippen LogP contribution in [0.4, 0.5) is 50.2 Å². The molecule has 8 rings (SSSR count). The van der Waals surface area contributed by atoms with Gasteiger partial charge in [-0.3, -0.25) is 18.5 Å². The van der Waals surface area contributed by atoms with Crippen molar-refractivity contribution < 1.29 is 37.1 Å². The van der Waals surface area contributed by atoms with Gasteiger partial charge in [-0.2, -0.15) is 0 Å². The maximum atomic E-state index is 14.6. The number of aliphatic hydroxyl groups excluding tert-OH is 1. The van der Waals surface area contributed by atoms with E-state index in [2.05, 4.69) is 51.8 Å². The number of carbonyl (C=O) groups is 3. The summed E-state index contributed by atoms with van der Waals surface area (Å²) in [5.41, 5.74) is 4.66. The second-order valence-corrected chi connectivity index (χ2v) is 14.3. The number of amides is 5. The number of nitrogens with zero attached hydrogens (tertiary/aromatic N) is 7. The van der Waals surface area contributed by atoms with Crippen LogP contribution in [0.25, 0.3) is 55.9 Å². The number of carbonyl (C=O) groups excluding carboxylic acids is 3. The van der Waals surface area contributed by atoms with Gasteiger partial charge in [0.25, 0.3) is 0 Å². The minimum Gasteiger partial charge on any atom is -0.396 e. The van der Waals surface area contributed by atoms with E-state index in [0.717, 1.165) is 24.3 Å². The van der Waals surface area contributed by atoms with Crippen molar-refractivity contribution >= 4 is 74.3 Å². The number of benzene rings is 4. The van der Waals surface area contributed by atoms with Gasteiger partial charge in [0, 0.05) is 87.1 Å². The Balaban J connectivity index is 0.984. The first-order valence-corrected chi connectivity index (χ1v) is 19.8. The van der Waals surface area contributed by atoms with Crippen molar-refractivity contribution in [2.75, 3.05) is 67.7 Å². The molecule has 7 N–H and O–H groups in total. The van der Waals surface area contributed by atoms with Gasteiger partial charge in [0.05, 0.1) is 45.8 Å². The zero-order valence-electron chi connectivity index (χ0n) is 34.1. The number of halogens is 4. The Morgan fingerprint density at radius 2 is 1.19 bits per heavy atom. The van der Waals surface area contributed by atoms with Crippen LogP contribution in [0.2, 0.25) is 0 Å². The van der Waals surface area contributed by atoms with Gasteiger partial charge in [0.2, 0.25) is 5.91 Å². The number of hydrogen-bond acceptors (Lipinski definition) is 10. The van der Waals surface area contributed by atoms with Crippen molar-refractivity contribution in [3.63, 3.8) is 0 Å². The van der Waals surface area contributed by atoms with Gasteiger partial charge in [0.1, 0.15) is 6.54 Å². The molecule has 0 aliphatic rings. The first kappa shape index (κ1) is 42.6. The summed E-state index contributed by atoms with van der Waals surface area (Å²) >= 11 is 0. The zero-order valence-corrected chi connectivity index (χ0v) is 34.1. The fraction of sp³-hybridized carbons (Fsp3) is 0.186. The molecular formula is C43H39F4N13O4. The molecule has 328 valence electrons. The molecule has 0 unspecified atom stereocenters. The highest BCUT2D eigenvalue weighted by Crippen LogP contribution is 2.32. The lowest BCUT2D eigenvalue weighted by Crippen LogP contribution is -2.45. The average Bonchev–Trinajstić information content (AvgIpc) is 3.95. The fourth-order valence-corrected chi connectivity index (χ4v) is 7.11. The smallest absolute Gasteiger partial charge is 0.322 e. The molecule has 8 aromatic rings. The SMILES string of the molecule is CNC(=O)Nc1ccc(-c2cnc3c(NCCNC(=O)CN(C(=O)NC)c4ccc(-c5cnc6c(NCCCO)nc7cc(F)c(F)cc7n56)cc4)nc4cc(F)c(F)cc4n23)cc1. The van der Waals surface area contributed by atoms with E-state index in [1.54, 1.807) is 69.7 Å². The van der Waals surface area contributed by atoms with E-state index in [1.165, 1.54) is 19.0 Å². The van der Waals surface area contributed by atoms with E-state index < -0.39 is 41.2 Å². The van der Waals surface area contributed by atoms with E-state index in [0.29, 0.717) is 64.0 Å². The van der Waals surface area contributed by atoms with Crippen molar-refractivity contribution in [1.29, 1.82) is 0 Å². The Bertz CT molecular complexity index is 3070. The summed E-state index contributed by atoms with van der Waals surface area (Å²) in [5.74, 6) is -4.26. The van der Waals surface area contributed by atoms with E-state index >= 15 is 0 Å². The van der Waals surface area contributed by atoms with Crippen molar-refractivity contribution in [3.8, 4) is 22.5 Å². The third-order valence-electron chi connectivity index (χ3n) is 10.2. The average molecular weight is 878 g/mol.